The molecule has 0 aromatic carbocycles. The summed E-state index contributed by atoms with van der Waals surface area (Å²) in [5.74, 6) is -3.11. The molecule has 134 valence electrons. The van der Waals surface area contributed by atoms with Crippen LogP contribution >= 0.6 is 0 Å². The third-order valence-electron chi connectivity index (χ3n) is 4.47. The molecular weight excluding hydrogens is 314 g/mol. The molecule has 1 heterocycles. The smallest absolute Gasteiger partial charge is 0.410 e. The zero-order chi connectivity index (χ0) is 18.2. The largest absolute Gasteiger partial charge is 0.460 e. The summed E-state index contributed by atoms with van der Waals surface area (Å²) in [6, 6.07) is 0. The van der Waals surface area contributed by atoms with Gasteiger partial charge in [-0.05, 0) is 46.5 Å². The Hall–Kier alpha value is -1.92. The first-order chi connectivity index (χ1) is 11.1. The first kappa shape index (κ1) is 18.4. The van der Waals surface area contributed by atoms with Crippen molar-refractivity contribution in [3.8, 4) is 0 Å². The highest BCUT2D eigenvalue weighted by molar-refractivity contribution is 6.38. The predicted molar refractivity (Wildman–Crippen MR) is 84.1 cm³/mol. The van der Waals surface area contributed by atoms with Gasteiger partial charge in [-0.1, -0.05) is 0 Å². The van der Waals surface area contributed by atoms with Gasteiger partial charge in [-0.2, -0.15) is 0 Å². The number of hydrogen-bond donors (Lipinski definition) is 0. The van der Waals surface area contributed by atoms with E-state index in [9.17, 15) is 19.2 Å². The third-order valence-corrected chi connectivity index (χ3v) is 4.47. The Balaban J connectivity index is 1.87. The van der Waals surface area contributed by atoms with Gasteiger partial charge < -0.3 is 14.4 Å². The van der Waals surface area contributed by atoms with Crippen molar-refractivity contribution in [1.82, 2.24) is 4.90 Å². The zero-order valence-corrected chi connectivity index (χ0v) is 14.8. The number of amides is 1. The number of ketones is 2. The Morgan fingerprint density at radius 2 is 1.67 bits per heavy atom. The standard InChI is InChI=1S/C17H25NO6/c1-6-23-15(21)14(20)9(2)13(19)12-10-7-18(8-11(10)12)16(22)24-17(3,4)5/h9-12H,6-8H2,1-5H3. The van der Waals surface area contributed by atoms with E-state index in [1.54, 1.807) is 32.6 Å². The van der Waals surface area contributed by atoms with Gasteiger partial charge in [0.25, 0.3) is 0 Å². The maximum Gasteiger partial charge on any atom is 0.410 e. The summed E-state index contributed by atoms with van der Waals surface area (Å²) in [6.07, 6.45) is -0.378. The van der Waals surface area contributed by atoms with Crippen LogP contribution in [-0.4, -0.2) is 53.8 Å². The van der Waals surface area contributed by atoms with Crippen LogP contribution in [0.3, 0.4) is 0 Å². The lowest BCUT2D eigenvalue weighted by molar-refractivity contribution is -0.156. The topological polar surface area (TPSA) is 90.0 Å². The Labute approximate surface area is 141 Å². The van der Waals surface area contributed by atoms with E-state index in [1.807, 2.05) is 0 Å². The number of ether oxygens (including phenoxy) is 2. The third kappa shape index (κ3) is 3.76. The molecule has 1 aliphatic carbocycles. The van der Waals surface area contributed by atoms with Crippen LogP contribution in [-0.2, 0) is 23.9 Å². The van der Waals surface area contributed by atoms with Crippen LogP contribution < -0.4 is 0 Å². The molecule has 0 spiro atoms. The van der Waals surface area contributed by atoms with Crippen molar-refractivity contribution in [3.63, 3.8) is 0 Å². The highest BCUT2D eigenvalue weighted by Gasteiger charge is 2.61. The van der Waals surface area contributed by atoms with Gasteiger partial charge in [0.05, 0.1) is 12.5 Å². The number of piperidine rings is 1. The molecule has 0 aromatic rings. The number of hydrogen-bond acceptors (Lipinski definition) is 6. The molecule has 3 unspecified atom stereocenters. The molecule has 1 aliphatic heterocycles. The number of nitrogens with zero attached hydrogens (tertiary/aromatic N) is 1. The number of esters is 1. The summed E-state index contributed by atoms with van der Waals surface area (Å²) in [7, 11) is 0. The maximum atomic E-state index is 12.4. The molecule has 0 N–H and O–H groups in total. The van der Waals surface area contributed by atoms with Crippen LogP contribution in [0.5, 0.6) is 0 Å². The number of carbonyl (C=O) groups is 4. The molecule has 2 fully saturated rings. The lowest BCUT2D eigenvalue weighted by Gasteiger charge is -2.26. The fraction of sp³-hybridized carbons (Fsp3) is 0.765. The second-order valence-corrected chi connectivity index (χ2v) is 7.45. The molecular formula is C17H25NO6. The molecule has 1 saturated carbocycles. The second kappa shape index (κ2) is 6.53. The van der Waals surface area contributed by atoms with Crippen LogP contribution in [0.4, 0.5) is 4.79 Å². The average molecular weight is 339 g/mol. The lowest BCUT2D eigenvalue weighted by atomic mass is 9.95. The summed E-state index contributed by atoms with van der Waals surface area (Å²) in [4.78, 5) is 49.4. The number of Topliss-reactive ketones (excluding diaryl/α,β-unsaturated/α-hetero) is 2. The van der Waals surface area contributed by atoms with Gasteiger partial charge in [0, 0.05) is 19.0 Å². The van der Waals surface area contributed by atoms with Gasteiger partial charge in [0.1, 0.15) is 11.4 Å². The van der Waals surface area contributed by atoms with E-state index in [0.29, 0.717) is 13.1 Å². The van der Waals surface area contributed by atoms with E-state index in [4.69, 9.17) is 4.74 Å². The van der Waals surface area contributed by atoms with Gasteiger partial charge in [-0.25, -0.2) is 9.59 Å². The number of fused-ring (bicyclic) bond motifs is 1. The molecule has 0 radical (unpaired) electrons. The van der Waals surface area contributed by atoms with Gasteiger partial charge in [-0.3, -0.25) is 9.59 Å². The summed E-state index contributed by atoms with van der Waals surface area (Å²) >= 11 is 0. The van der Waals surface area contributed by atoms with Gasteiger partial charge in [0.2, 0.25) is 5.78 Å². The fourth-order valence-electron chi connectivity index (χ4n) is 3.22. The first-order valence-electron chi connectivity index (χ1n) is 8.29. The van der Waals surface area contributed by atoms with Crippen molar-refractivity contribution in [2.45, 2.75) is 40.2 Å². The van der Waals surface area contributed by atoms with Crippen molar-refractivity contribution in [2.24, 2.45) is 23.7 Å². The van der Waals surface area contributed by atoms with Crippen LogP contribution in [0.25, 0.3) is 0 Å². The molecule has 0 bridgehead atoms. The van der Waals surface area contributed by atoms with Gasteiger partial charge >= 0.3 is 12.1 Å². The van der Waals surface area contributed by atoms with Crippen molar-refractivity contribution in [2.75, 3.05) is 19.7 Å². The Morgan fingerprint density at radius 3 is 2.12 bits per heavy atom. The summed E-state index contributed by atoms with van der Waals surface area (Å²) in [6.45, 7) is 9.47. The van der Waals surface area contributed by atoms with E-state index >= 15 is 0 Å². The lowest BCUT2D eigenvalue weighted by Crippen LogP contribution is -2.38. The van der Waals surface area contributed by atoms with Crippen LogP contribution in [0, 0.1) is 23.7 Å². The van der Waals surface area contributed by atoms with Crippen molar-refractivity contribution < 1.29 is 28.7 Å². The van der Waals surface area contributed by atoms with Crippen LogP contribution in [0.2, 0.25) is 0 Å². The fourth-order valence-corrected chi connectivity index (χ4v) is 3.22. The Kier molecular flexibility index (Phi) is 5.01. The average Bonchev–Trinajstić information content (AvgIpc) is 2.96. The first-order valence-corrected chi connectivity index (χ1v) is 8.29. The molecule has 24 heavy (non-hydrogen) atoms. The van der Waals surface area contributed by atoms with Crippen molar-refractivity contribution in [3.05, 3.63) is 0 Å². The minimum Gasteiger partial charge on any atom is -0.460 e. The number of carbonyl (C=O) groups excluding carboxylic acids is 4. The minimum atomic E-state index is -0.991. The highest BCUT2D eigenvalue weighted by atomic mass is 16.6. The Morgan fingerprint density at radius 1 is 1.12 bits per heavy atom. The summed E-state index contributed by atoms with van der Waals surface area (Å²) in [5, 5.41) is 0. The number of rotatable bonds is 5. The number of likely N-dealkylation sites (tertiary alicyclic amines) is 1. The second-order valence-electron chi connectivity index (χ2n) is 7.45. The monoisotopic (exact) mass is 339 g/mol. The maximum absolute atomic E-state index is 12.4. The predicted octanol–water partition coefficient (Wildman–Crippen LogP) is 1.44. The quantitative estimate of drug-likeness (QED) is 0.428. The van der Waals surface area contributed by atoms with E-state index in [-0.39, 0.29) is 36.2 Å². The molecule has 2 rings (SSSR count). The van der Waals surface area contributed by atoms with E-state index in [1.165, 1.54) is 6.92 Å². The minimum absolute atomic E-state index is 0.0578. The van der Waals surface area contributed by atoms with Crippen molar-refractivity contribution in [1.29, 1.82) is 0 Å². The summed E-state index contributed by atoms with van der Waals surface area (Å²) < 4.78 is 9.97. The van der Waals surface area contributed by atoms with E-state index < -0.39 is 23.3 Å². The molecule has 2 aliphatic rings. The normalized spacial score (nSPS) is 26.4. The molecule has 1 amide bonds. The zero-order valence-electron chi connectivity index (χ0n) is 14.8. The van der Waals surface area contributed by atoms with E-state index in [0.717, 1.165) is 0 Å². The molecule has 7 heteroatoms. The molecule has 3 atom stereocenters. The van der Waals surface area contributed by atoms with Crippen LogP contribution in [0.1, 0.15) is 34.6 Å². The Bertz CT molecular complexity index is 552. The van der Waals surface area contributed by atoms with E-state index in [2.05, 4.69) is 4.74 Å². The van der Waals surface area contributed by atoms with Gasteiger partial charge in [-0.15, -0.1) is 0 Å². The molecule has 1 saturated heterocycles. The highest BCUT2D eigenvalue weighted by Crippen LogP contribution is 2.53. The molecule has 7 nitrogen and oxygen atoms in total. The SMILES string of the molecule is CCOC(=O)C(=O)C(C)C(=O)C1C2CN(C(=O)OC(C)(C)C)CC21. The summed E-state index contributed by atoms with van der Waals surface area (Å²) in [5.41, 5.74) is -0.556. The van der Waals surface area contributed by atoms with Crippen LogP contribution in [0.15, 0.2) is 0 Å². The van der Waals surface area contributed by atoms with Gasteiger partial charge in [0.15, 0.2) is 0 Å². The molecule has 0 aromatic heterocycles. The van der Waals surface area contributed by atoms with Crippen molar-refractivity contribution >= 4 is 23.6 Å².